The molecule has 7 heteroatoms. The van der Waals surface area contributed by atoms with Gasteiger partial charge >= 0.3 is 18.0 Å². The lowest BCUT2D eigenvalue weighted by molar-refractivity contribution is -0.145. The first-order valence-corrected chi connectivity index (χ1v) is 10.9. The van der Waals surface area contributed by atoms with Gasteiger partial charge in [-0.1, -0.05) is 48.5 Å². The second kappa shape index (κ2) is 10.4. The first kappa shape index (κ1) is 24.2. The zero-order valence-corrected chi connectivity index (χ0v) is 19.4. The van der Waals surface area contributed by atoms with Crippen molar-refractivity contribution in [3.63, 3.8) is 0 Å². The molecule has 7 nitrogen and oxygen atoms in total. The molecule has 0 aliphatic heterocycles. The molecule has 0 bridgehead atoms. The number of carbonyl (C=O) groups is 3. The number of hydrogen-bond acceptors (Lipinski definition) is 6. The van der Waals surface area contributed by atoms with E-state index in [9.17, 15) is 14.4 Å². The second-order valence-electron chi connectivity index (χ2n) is 9.02. The molecule has 0 aromatic heterocycles. The summed E-state index contributed by atoms with van der Waals surface area (Å²) in [6.45, 7) is 6.66. The van der Waals surface area contributed by atoms with Crippen LogP contribution < -0.4 is 0 Å². The van der Waals surface area contributed by atoms with Gasteiger partial charge in [-0.2, -0.15) is 4.99 Å². The van der Waals surface area contributed by atoms with E-state index in [-0.39, 0.29) is 30.8 Å². The van der Waals surface area contributed by atoms with Gasteiger partial charge in [-0.25, -0.2) is 9.59 Å². The Morgan fingerprint density at radius 2 is 1.67 bits per heavy atom. The van der Waals surface area contributed by atoms with Crippen molar-refractivity contribution in [3.8, 4) is 0 Å². The van der Waals surface area contributed by atoms with Crippen LogP contribution in [0.4, 0.5) is 4.79 Å². The zero-order valence-electron chi connectivity index (χ0n) is 19.4. The summed E-state index contributed by atoms with van der Waals surface area (Å²) >= 11 is 0. The van der Waals surface area contributed by atoms with Crippen LogP contribution in [0.1, 0.15) is 49.9 Å². The van der Waals surface area contributed by atoms with Gasteiger partial charge in [0.1, 0.15) is 24.0 Å². The number of fused-ring (bicyclic) bond motifs is 1. The predicted molar refractivity (Wildman–Crippen MR) is 123 cm³/mol. The minimum absolute atomic E-state index is 0.0327. The van der Waals surface area contributed by atoms with Gasteiger partial charge in [0.15, 0.2) is 0 Å². The molecule has 2 aromatic carbocycles. The molecule has 0 radical (unpaired) electrons. The lowest BCUT2D eigenvalue weighted by atomic mass is 10.0. The van der Waals surface area contributed by atoms with Crippen LogP contribution in [0.2, 0.25) is 0 Å². The minimum Gasteiger partial charge on any atom is -0.462 e. The Morgan fingerprint density at radius 1 is 0.970 bits per heavy atom. The molecule has 174 valence electrons. The number of benzene rings is 2. The highest BCUT2D eigenvalue weighted by atomic mass is 16.6. The van der Waals surface area contributed by atoms with Crippen LogP contribution in [0.15, 0.2) is 53.5 Å². The Labute approximate surface area is 193 Å². The highest BCUT2D eigenvalue weighted by molar-refractivity contribution is 6.38. The summed E-state index contributed by atoms with van der Waals surface area (Å²) in [5.74, 6) is -0.982. The molecule has 3 rings (SSSR count). The van der Waals surface area contributed by atoms with E-state index in [1.807, 2.05) is 48.5 Å². The lowest BCUT2D eigenvalue weighted by Gasteiger charge is -2.17. The van der Waals surface area contributed by atoms with E-state index in [2.05, 4.69) is 4.99 Å². The number of nitrogens with zero attached hydrogens (tertiary/aromatic N) is 1. The van der Waals surface area contributed by atoms with Crippen molar-refractivity contribution >= 4 is 23.7 Å². The molecule has 1 aliphatic carbocycles. The average Bonchev–Trinajstić information content (AvgIpc) is 3.11. The van der Waals surface area contributed by atoms with Crippen molar-refractivity contribution in [3.05, 3.63) is 70.8 Å². The maximum Gasteiger partial charge on any atom is 0.434 e. The zero-order chi connectivity index (χ0) is 24.0. The molecule has 1 unspecified atom stereocenters. The molecular weight excluding hydrogens is 422 g/mol. The van der Waals surface area contributed by atoms with Gasteiger partial charge in [0.2, 0.25) is 0 Å². The lowest BCUT2D eigenvalue weighted by Crippen LogP contribution is -2.26. The quantitative estimate of drug-likeness (QED) is 0.368. The number of rotatable bonds is 6. The molecule has 1 atom stereocenters. The average molecular weight is 452 g/mol. The third-order valence-electron chi connectivity index (χ3n) is 4.94. The van der Waals surface area contributed by atoms with Gasteiger partial charge in [-0.3, -0.25) is 4.79 Å². The molecule has 0 saturated carbocycles. The van der Waals surface area contributed by atoms with Crippen molar-refractivity contribution in [2.24, 2.45) is 4.99 Å². The van der Waals surface area contributed by atoms with Gasteiger partial charge in [0, 0.05) is 26.2 Å². The fourth-order valence-corrected chi connectivity index (χ4v) is 3.61. The van der Waals surface area contributed by atoms with Crippen molar-refractivity contribution in [2.75, 3.05) is 0 Å². The van der Waals surface area contributed by atoms with Crippen LogP contribution in [0, 0.1) is 0 Å². The Hall–Kier alpha value is -3.48. The van der Waals surface area contributed by atoms with E-state index in [1.165, 1.54) is 6.92 Å². The molecule has 0 saturated heterocycles. The fourth-order valence-electron chi connectivity index (χ4n) is 3.61. The van der Waals surface area contributed by atoms with Gasteiger partial charge in [-0.05, 0) is 43.0 Å². The monoisotopic (exact) mass is 451 g/mol. The molecule has 1 aliphatic rings. The SMILES string of the molecule is CC(=O)OC1Cc2ccc(CC(=NC(=O)OC(C)(C)C)C(=O)OCc3ccccc3)cc2C1. The number of aliphatic imine (C=N–C) groups is 1. The molecule has 2 aromatic rings. The Morgan fingerprint density at radius 3 is 2.33 bits per heavy atom. The van der Waals surface area contributed by atoms with Crippen LogP contribution in [0.25, 0.3) is 0 Å². The topological polar surface area (TPSA) is 91.3 Å². The Kier molecular flexibility index (Phi) is 7.63. The van der Waals surface area contributed by atoms with Crippen molar-refractivity contribution in [1.29, 1.82) is 0 Å². The van der Waals surface area contributed by atoms with Crippen molar-refractivity contribution in [1.82, 2.24) is 0 Å². The largest absolute Gasteiger partial charge is 0.462 e. The van der Waals surface area contributed by atoms with E-state index in [1.54, 1.807) is 20.8 Å². The van der Waals surface area contributed by atoms with Crippen LogP contribution in [0.3, 0.4) is 0 Å². The molecule has 0 fully saturated rings. The van der Waals surface area contributed by atoms with Gasteiger partial charge in [-0.15, -0.1) is 0 Å². The van der Waals surface area contributed by atoms with E-state index in [0.29, 0.717) is 12.8 Å². The third kappa shape index (κ3) is 7.56. The second-order valence-corrected chi connectivity index (χ2v) is 9.02. The minimum atomic E-state index is -0.842. The third-order valence-corrected chi connectivity index (χ3v) is 4.94. The highest BCUT2D eigenvalue weighted by Gasteiger charge is 2.25. The number of hydrogen-bond donors (Lipinski definition) is 0. The molecule has 33 heavy (non-hydrogen) atoms. The standard InChI is InChI=1S/C26H29NO6/c1-17(28)32-22-14-20-11-10-19(12-21(20)15-22)13-23(27-25(30)33-26(2,3)4)24(29)31-16-18-8-6-5-7-9-18/h5-12,22H,13-16H2,1-4H3. The van der Waals surface area contributed by atoms with E-state index >= 15 is 0 Å². The summed E-state index contributed by atoms with van der Waals surface area (Å²) in [4.78, 5) is 40.3. The van der Waals surface area contributed by atoms with Gasteiger partial charge in [0.25, 0.3) is 0 Å². The summed E-state index contributed by atoms with van der Waals surface area (Å²) in [6.07, 6.45) is 0.356. The number of ether oxygens (including phenoxy) is 3. The first-order valence-electron chi connectivity index (χ1n) is 10.9. The van der Waals surface area contributed by atoms with Crippen LogP contribution in [-0.4, -0.2) is 35.4 Å². The summed E-state index contributed by atoms with van der Waals surface area (Å²) in [6, 6.07) is 15.1. The summed E-state index contributed by atoms with van der Waals surface area (Å²) in [7, 11) is 0. The van der Waals surface area contributed by atoms with E-state index in [4.69, 9.17) is 14.2 Å². The molecule has 0 N–H and O–H groups in total. The van der Waals surface area contributed by atoms with E-state index < -0.39 is 17.7 Å². The fraction of sp³-hybridized carbons (Fsp3) is 0.385. The van der Waals surface area contributed by atoms with E-state index in [0.717, 1.165) is 22.3 Å². The number of esters is 2. The first-order chi connectivity index (χ1) is 15.6. The van der Waals surface area contributed by atoms with Crippen molar-refractivity contribution in [2.45, 2.75) is 65.3 Å². The Bertz CT molecular complexity index is 1050. The van der Waals surface area contributed by atoms with Crippen LogP contribution >= 0.6 is 0 Å². The molecule has 1 amide bonds. The van der Waals surface area contributed by atoms with Gasteiger partial charge < -0.3 is 14.2 Å². The predicted octanol–water partition coefficient (Wildman–Crippen LogP) is 4.38. The normalized spacial score (nSPS) is 15.5. The van der Waals surface area contributed by atoms with Gasteiger partial charge in [0.05, 0.1) is 0 Å². The molecule has 0 heterocycles. The maximum atomic E-state index is 12.8. The maximum absolute atomic E-state index is 12.8. The summed E-state index contributed by atoms with van der Waals surface area (Å²) in [5.41, 5.74) is 3.01. The number of carbonyl (C=O) groups excluding carboxylic acids is 3. The van der Waals surface area contributed by atoms with Crippen LogP contribution in [-0.2, 0) is 49.7 Å². The highest BCUT2D eigenvalue weighted by Crippen LogP contribution is 2.26. The smallest absolute Gasteiger partial charge is 0.434 e. The summed E-state index contributed by atoms with van der Waals surface area (Å²) < 4.78 is 16.0. The van der Waals surface area contributed by atoms with Crippen molar-refractivity contribution < 1.29 is 28.6 Å². The Balaban J connectivity index is 1.76. The number of amides is 1. The summed E-state index contributed by atoms with van der Waals surface area (Å²) in [5, 5.41) is 0. The molecular formula is C26H29NO6. The molecule has 0 spiro atoms. The van der Waals surface area contributed by atoms with Crippen LogP contribution in [0.5, 0.6) is 0 Å².